The highest BCUT2D eigenvalue weighted by Crippen LogP contribution is 2.41. The Morgan fingerprint density at radius 2 is 2.00 bits per heavy atom. The van der Waals surface area contributed by atoms with E-state index in [1.165, 1.54) is 24.8 Å². The van der Waals surface area contributed by atoms with Crippen molar-refractivity contribution >= 4 is 5.91 Å². The number of amides is 1. The fourth-order valence-electron chi connectivity index (χ4n) is 3.12. The maximum Gasteiger partial charge on any atom is 0.237 e. The van der Waals surface area contributed by atoms with Gasteiger partial charge in [-0.25, -0.2) is 0 Å². The van der Waals surface area contributed by atoms with E-state index in [2.05, 4.69) is 41.8 Å². The molecule has 20 heavy (non-hydrogen) atoms. The molecule has 3 rings (SSSR count). The predicted molar refractivity (Wildman–Crippen MR) is 80.2 cm³/mol. The van der Waals surface area contributed by atoms with Crippen molar-refractivity contribution in [3.05, 3.63) is 35.9 Å². The van der Waals surface area contributed by atoms with Crippen molar-refractivity contribution < 1.29 is 4.79 Å². The van der Waals surface area contributed by atoms with Crippen LogP contribution in [0.15, 0.2) is 30.3 Å². The van der Waals surface area contributed by atoms with Gasteiger partial charge in [-0.15, -0.1) is 0 Å². The molecule has 3 atom stereocenters. The third kappa shape index (κ3) is 3.21. The first-order valence-electron chi connectivity index (χ1n) is 7.82. The number of carbonyl (C=O) groups is 1. The lowest BCUT2D eigenvalue weighted by Crippen LogP contribution is -2.49. The van der Waals surface area contributed by atoms with Gasteiger partial charge in [0.1, 0.15) is 0 Å². The van der Waals surface area contributed by atoms with Gasteiger partial charge < -0.3 is 10.6 Å². The molecule has 3 unspecified atom stereocenters. The van der Waals surface area contributed by atoms with Gasteiger partial charge in [0.2, 0.25) is 5.91 Å². The van der Waals surface area contributed by atoms with Crippen LogP contribution in [0.3, 0.4) is 0 Å². The fraction of sp³-hybridized carbons (Fsp3) is 0.588. The molecule has 3 heteroatoms. The molecule has 1 amide bonds. The Morgan fingerprint density at radius 3 is 2.65 bits per heavy atom. The van der Waals surface area contributed by atoms with Crippen molar-refractivity contribution in [3.8, 4) is 0 Å². The summed E-state index contributed by atoms with van der Waals surface area (Å²) in [4.78, 5) is 12.5. The zero-order valence-corrected chi connectivity index (χ0v) is 12.1. The molecule has 0 radical (unpaired) electrons. The number of carbonyl (C=O) groups excluding carboxylic acids is 1. The SMILES string of the molecule is CC1CCNC(C(=O)NC(c2ccccc2)C2CC2)C1. The van der Waals surface area contributed by atoms with Gasteiger partial charge in [0.25, 0.3) is 0 Å². The van der Waals surface area contributed by atoms with Crippen LogP contribution in [0, 0.1) is 11.8 Å². The highest BCUT2D eigenvalue weighted by molar-refractivity contribution is 5.82. The average Bonchev–Trinajstić information content (AvgIpc) is 3.30. The Labute approximate surface area is 121 Å². The average molecular weight is 272 g/mol. The minimum Gasteiger partial charge on any atom is -0.348 e. The first kappa shape index (κ1) is 13.6. The number of hydrogen-bond donors (Lipinski definition) is 2. The molecule has 3 nitrogen and oxygen atoms in total. The van der Waals surface area contributed by atoms with Gasteiger partial charge in [-0.1, -0.05) is 37.3 Å². The molecule has 1 aromatic carbocycles. The topological polar surface area (TPSA) is 41.1 Å². The van der Waals surface area contributed by atoms with E-state index in [-0.39, 0.29) is 18.0 Å². The number of benzene rings is 1. The summed E-state index contributed by atoms with van der Waals surface area (Å²) in [5.41, 5.74) is 1.24. The van der Waals surface area contributed by atoms with Crippen molar-refractivity contribution in [2.24, 2.45) is 11.8 Å². The molecule has 1 aromatic rings. The number of nitrogens with one attached hydrogen (secondary N) is 2. The molecule has 0 aromatic heterocycles. The largest absolute Gasteiger partial charge is 0.348 e. The first-order valence-corrected chi connectivity index (χ1v) is 7.82. The molecule has 1 aliphatic carbocycles. The van der Waals surface area contributed by atoms with Gasteiger partial charge in [-0.2, -0.15) is 0 Å². The van der Waals surface area contributed by atoms with Gasteiger partial charge in [-0.3, -0.25) is 4.79 Å². The lowest BCUT2D eigenvalue weighted by molar-refractivity contribution is -0.125. The molecule has 0 spiro atoms. The van der Waals surface area contributed by atoms with Gasteiger partial charge in [0, 0.05) is 0 Å². The zero-order valence-electron chi connectivity index (χ0n) is 12.1. The summed E-state index contributed by atoms with van der Waals surface area (Å²) in [6.07, 6.45) is 4.59. The molecular weight excluding hydrogens is 248 g/mol. The molecule has 0 bridgehead atoms. The Morgan fingerprint density at radius 1 is 1.25 bits per heavy atom. The van der Waals surface area contributed by atoms with E-state index in [0.29, 0.717) is 11.8 Å². The third-order valence-corrected chi connectivity index (χ3v) is 4.53. The number of rotatable bonds is 4. The second-order valence-electron chi connectivity index (χ2n) is 6.37. The van der Waals surface area contributed by atoms with E-state index in [9.17, 15) is 4.79 Å². The second-order valence-corrected chi connectivity index (χ2v) is 6.37. The van der Waals surface area contributed by atoms with E-state index in [1.807, 2.05) is 6.07 Å². The number of piperidine rings is 1. The molecular formula is C17H24N2O. The van der Waals surface area contributed by atoms with Crippen molar-refractivity contribution in [1.82, 2.24) is 10.6 Å². The standard InChI is InChI=1S/C17H24N2O/c1-12-9-10-18-15(11-12)17(20)19-16(14-7-8-14)13-5-3-2-4-6-13/h2-6,12,14-16,18H,7-11H2,1H3,(H,19,20). The lowest BCUT2D eigenvalue weighted by atomic mass is 9.93. The van der Waals surface area contributed by atoms with Crippen LogP contribution in [0.1, 0.15) is 44.2 Å². The molecule has 1 saturated heterocycles. The fourth-order valence-corrected chi connectivity index (χ4v) is 3.12. The minimum atomic E-state index is -0.0105. The molecule has 108 valence electrons. The smallest absolute Gasteiger partial charge is 0.237 e. The summed E-state index contributed by atoms with van der Waals surface area (Å²) >= 11 is 0. The van der Waals surface area contributed by atoms with E-state index in [1.54, 1.807) is 0 Å². The maximum atomic E-state index is 12.5. The van der Waals surface area contributed by atoms with Crippen LogP contribution in [-0.4, -0.2) is 18.5 Å². The van der Waals surface area contributed by atoms with Crippen LogP contribution >= 0.6 is 0 Å². The van der Waals surface area contributed by atoms with Crippen LogP contribution in [0.2, 0.25) is 0 Å². The van der Waals surface area contributed by atoms with Gasteiger partial charge in [0.15, 0.2) is 0 Å². The van der Waals surface area contributed by atoms with Crippen LogP contribution in [0.25, 0.3) is 0 Å². The summed E-state index contributed by atoms with van der Waals surface area (Å²) in [7, 11) is 0. The second kappa shape index (κ2) is 5.96. The summed E-state index contributed by atoms with van der Waals surface area (Å²) in [5, 5.41) is 6.64. The first-order chi connectivity index (χ1) is 9.74. The maximum absolute atomic E-state index is 12.5. The van der Waals surface area contributed by atoms with Gasteiger partial charge in [0.05, 0.1) is 12.1 Å². The third-order valence-electron chi connectivity index (χ3n) is 4.53. The quantitative estimate of drug-likeness (QED) is 0.884. The van der Waals surface area contributed by atoms with E-state index in [4.69, 9.17) is 0 Å². The molecule has 1 aliphatic heterocycles. The Hall–Kier alpha value is -1.35. The molecule has 2 aliphatic rings. The lowest BCUT2D eigenvalue weighted by Gasteiger charge is -2.29. The molecule has 1 heterocycles. The summed E-state index contributed by atoms with van der Waals surface area (Å²) in [6.45, 7) is 3.19. The summed E-state index contributed by atoms with van der Waals surface area (Å²) in [5.74, 6) is 1.45. The minimum absolute atomic E-state index is 0.0105. The molecule has 2 N–H and O–H groups in total. The van der Waals surface area contributed by atoms with Crippen LogP contribution in [-0.2, 0) is 4.79 Å². The van der Waals surface area contributed by atoms with Gasteiger partial charge >= 0.3 is 0 Å². The zero-order chi connectivity index (χ0) is 13.9. The normalized spacial score (nSPS) is 27.9. The summed E-state index contributed by atoms with van der Waals surface area (Å²) < 4.78 is 0. The van der Waals surface area contributed by atoms with E-state index >= 15 is 0 Å². The van der Waals surface area contributed by atoms with Crippen molar-refractivity contribution in [1.29, 1.82) is 0 Å². The van der Waals surface area contributed by atoms with E-state index in [0.717, 1.165) is 13.0 Å². The summed E-state index contributed by atoms with van der Waals surface area (Å²) in [6, 6.07) is 10.6. The number of hydrogen-bond acceptors (Lipinski definition) is 2. The monoisotopic (exact) mass is 272 g/mol. The van der Waals surface area contributed by atoms with E-state index < -0.39 is 0 Å². The molecule has 1 saturated carbocycles. The van der Waals surface area contributed by atoms with Crippen molar-refractivity contribution in [3.63, 3.8) is 0 Å². The van der Waals surface area contributed by atoms with Crippen molar-refractivity contribution in [2.45, 2.75) is 44.7 Å². The van der Waals surface area contributed by atoms with Crippen LogP contribution < -0.4 is 10.6 Å². The predicted octanol–water partition coefficient (Wildman–Crippen LogP) is 2.64. The van der Waals surface area contributed by atoms with Gasteiger partial charge in [-0.05, 0) is 49.6 Å². The highest BCUT2D eigenvalue weighted by atomic mass is 16.2. The Kier molecular flexibility index (Phi) is 4.06. The van der Waals surface area contributed by atoms with Crippen molar-refractivity contribution in [2.75, 3.05) is 6.54 Å². The molecule has 2 fully saturated rings. The Bertz CT molecular complexity index is 455. The van der Waals surface area contributed by atoms with Crippen LogP contribution in [0.4, 0.5) is 0 Å². The Balaban J connectivity index is 1.66. The van der Waals surface area contributed by atoms with Crippen LogP contribution in [0.5, 0.6) is 0 Å². The highest BCUT2D eigenvalue weighted by Gasteiger charge is 2.35.